The Morgan fingerprint density at radius 2 is 2.21 bits per heavy atom. The molecule has 0 N–H and O–H groups in total. The number of fused-ring (bicyclic) bond motifs is 1. The molecular weight excluding hydrogens is 196 g/mol. The SMILES string of the molecule is N#CCCn1ccc2cccc(Cl)c21. The topological polar surface area (TPSA) is 28.7 Å². The lowest BCUT2D eigenvalue weighted by atomic mass is 10.2. The number of hydrogen-bond donors (Lipinski definition) is 0. The molecule has 0 spiro atoms. The average molecular weight is 205 g/mol. The summed E-state index contributed by atoms with van der Waals surface area (Å²) < 4.78 is 2.01. The Balaban J connectivity index is 2.51. The largest absolute Gasteiger partial charge is 0.345 e. The Morgan fingerprint density at radius 1 is 1.36 bits per heavy atom. The highest BCUT2D eigenvalue weighted by Crippen LogP contribution is 2.24. The molecule has 0 atom stereocenters. The van der Waals surface area contributed by atoms with Gasteiger partial charge in [0, 0.05) is 18.1 Å². The minimum Gasteiger partial charge on any atom is -0.345 e. The summed E-state index contributed by atoms with van der Waals surface area (Å²) in [7, 11) is 0. The Bertz CT molecular complexity index is 493. The quantitative estimate of drug-likeness (QED) is 0.739. The van der Waals surface area contributed by atoms with E-state index in [1.807, 2.05) is 35.0 Å². The van der Waals surface area contributed by atoms with Crippen molar-refractivity contribution in [3.63, 3.8) is 0 Å². The molecular formula is C11H9ClN2. The fourth-order valence-corrected chi connectivity index (χ4v) is 1.86. The van der Waals surface area contributed by atoms with Crippen LogP contribution in [0.25, 0.3) is 10.9 Å². The van der Waals surface area contributed by atoms with Gasteiger partial charge in [0.05, 0.1) is 23.0 Å². The Morgan fingerprint density at radius 3 is 3.00 bits per heavy atom. The van der Waals surface area contributed by atoms with Crippen molar-refractivity contribution in [2.45, 2.75) is 13.0 Å². The van der Waals surface area contributed by atoms with Crippen molar-refractivity contribution in [2.24, 2.45) is 0 Å². The second kappa shape index (κ2) is 3.73. The van der Waals surface area contributed by atoms with Crippen LogP contribution < -0.4 is 0 Å². The van der Waals surface area contributed by atoms with E-state index < -0.39 is 0 Å². The van der Waals surface area contributed by atoms with Gasteiger partial charge in [-0.1, -0.05) is 23.7 Å². The highest BCUT2D eigenvalue weighted by Gasteiger charge is 2.03. The van der Waals surface area contributed by atoms with E-state index in [-0.39, 0.29) is 0 Å². The first kappa shape index (κ1) is 9.11. The van der Waals surface area contributed by atoms with Gasteiger partial charge >= 0.3 is 0 Å². The maximum Gasteiger partial charge on any atom is 0.0669 e. The molecule has 0 amide bonds. The van der Waals surface area contributed by atoms with E-state index in [0.29, 0.717) is 13.0 Å². The van der Waals surface area contributed by atoms with E-state index in [4.69, 9.17) is 16.9 Å². The molecule has 0 aliphatic carbocycles. The molecule has 70 valence electrons. The van der Waals surface area contributed by atoms with Gasteiger partial charge in [-0.2, -0.15) is 5.26 Å². The molecule has 0 fully saturated rings. The van der Waals surface area contributed by atoms with Crippen LogP contribution in [0, 0.1) is 11.3 Å². The maximum atomic E-state index is 8.51. The number of aromatic nitrogens is 1. The maximum absolute atomic E-state index is 8.51. The van der Waals surface area contributed by atoms with Crippen LogP contribution in [0.2, 0.25) is 5.02 Å². The van der Waals surface area contributed by atoms with Crippen molar-refractivity contribution in [1.29, 1.82) is 5.26 Å². The average Bonchev–Trinajstić information content (AvgIpc) is 2.59. The first-order valence-electron chi connectivity index (χ1n) is 4.43. The molecule has 0 aliphatic rings. The molecule has 0 aliphatic heterocycles. The lowest BCUT2D eigenvalue weighted by Gasteiger charge is -2.02. The zero-order valence-corrected chi connectivity index (χ0v) is 8.33. The monoisotopic (exact) mass is 204 g/mol. The molecule has 0 bridgehead atoms. The Hall–Kier alpha value is -1.46. The third-order valence-corrected chi connectivity index (χ3v) is 2.51. The highest BCUT2D eigenvalue weighted by atomic mass is 35.5. The van der Waals surface area contributed by atoms with Gasteiger partial charge in [-0.25, -0.2) is 0 Å². The third kappa shape index (κ3) is 1.47. The summed E-state index contributed by atoms with van der Waals surface area (Å²) in [6, 6.07) is 9.95. The van der Waals surface area contributed by atoms with E-state index in [2.05, 4.69) is 6.07 Å². The smallest absolute Gasteiger partial charge is 0.0669 e. The van der Waals surface area contributed by atoms with Crippen LogP contribution in [0.15, 0.2) is 30.5 Å². The van der Waals surface area contributed by atoms with Gasteiger partial charge < -0.3 is 4.57 Å². The highest BCUT2D eigenvalue weighted by molar-refractivity contribution is 6.35. The van der Waals surface area contributed by atoms with E-state index in [9.17, 15) is 0 Å². The zero-order valence-electron chi connectivity index (χ0n) is 7.57. The van der Waals surface area contributed by atoms with Gasteiger partial charge in [0.2, 0.25) is 0 Å². The number of benzene rings is 1. The minimum absolute atomic E-state index is 0.509. The number of halogens is 1. The second-order valence-corrected chi connectivity index (χ2v) is 3.50. The summed E-state index contributed by atoms with van der Waals surface area (Å²) in [6.07, 6.45) is 2.48. The zero-order chi connectivity index (χ0) is 9.97. The summed E-state index contributed by atoms with van der Waals surface area (Å²) in [6.45, 7) is 0.698. The van der Waals surface area contributed by atoms with E-state index in [1.54, 1.807) is 0 Å². The molecule has 0 saturated carbocycles. The first-order valence-corrected chi connectivity index (χ1v) is 4.81. The molecule has 0 radical (unpaired) electrons. The number of hydrogen-bond acceptors (Lipinski definition) is 1. The predicted octanol–water partition coefficient (Wildman–Crippen LogP) is 3.21. The molecule has 2 aromatic rings. The van der Waals surface area contributed by atoms with Crippen molar-refractivity contribution >= 4 is 22.5 Å². The van der Waals surface area contributed by atoms with Gasteiger partial charge in [0.25, 0.3) is 0 Å². The van der Waals surface area contributed by atoms with Crippen LogP contribution in [-0.2, 0) is 6.54 Å². The predicted molar refractivity (Wildman–Crippen MR) is 57.2 cm³/mol. The fourth-order valence-electron chi connectivity index (χ4n) is 1.57. The molecule has 2 rings (SSSR count). The van der Waals surface area contributed by atoms with Crippen LogP contribution in [0.1, 0.15) is 6.42 Å². The molecule has 2 nitrogen and oxygen atoms in total. The standard InChI is InChI=1S/C11H9ClN2/c12-10-4-1-3-9-5-8-14(11(9)10)7-2-6-13/h1,3-5,8H,2,7H2. The number of nitriles is 1. The summed E-state index contributed by atoms with van der Waals surface area (Å²) in [5, 5.41) is 10.4. The van der Waals surface area contributed by atoms with Gasteiger partial charge in [0.15, 0.2) is 0 Å². The van der Waals surface area contributed by atoms with Gasteiger partial charge in [-0.3, -0.25) is 0 Å². The van der Waals surface area contributed by atoms with Crippen molar-refractivity contribution in [1.82, 2.24) is 4.57 Å². The lowest BCUT2D eigenvalue weighted by Crippen LogP contribution is -1.94. The normalized spacial score (nSPS) is 10.3. The number of nitrogens with zero attached hydrogens (tertiary/aromatic N) is 2. The van der Waals surface area contributed by atoms with Crippen LogP contribution in [0.4, 0.5) is 0 Å². The lowest BCUT2D eigenvalue weighted by molar-refractivity contribution is 0.744. The van der Waals surface area contributed by atoms with Crippen LogP contribution in [0.5, 0.6) is 0 Å². The van der Waals surface area contributed by atoms with E-state index >= 15 is 0 Å². The number of rotatable bonds is 2. The Kier molecular flexibility index (Phi) is 2.43. The molecule has 1 aromatic carbocycles. The third-order valence-electron chi connectivity index (χ3n) is 2.20. The van der Waals surface area contributed by atoms with Crippen molar-refractivity contribution < 1.29 is 0 Å². The fraction of sp³-hybridized carbons (Fsp3) is 0.182. The molecule has 3 heteroatoms. The molecule has 1 heterocycles. The van der Waals surface area contributed by atoms with Gasteiger partial charge in [-0.15, -0.1) is 0 Å². The minimum atomic E-state index is 0.509. The van der Waals surface area contributed by atoms with E-state index in [0.717, 1.165) is 15.9 Å². The first-order chi connectivity index (χ1) is 6.83. The molecule has 0 saturated heterocycles. The van der Waals surface area contributed by atoms with Crippen LogP contribution in [-0.4, -0.2) is 4.57 Å². The Labute approximate surface area is 87.3 Å². The van der Waals surface area contributed by atoms with Gasteiger partial charge in [0.1, 0.15) is 0 Å². The molecule has 0 unspecified atom stereocenters. The number of aryl methyl sites for hydroxylation is 1. The van der Waals surface area contributed by atoms with Crippen molar-refractivity contribution in [2.75, 3.05) is 0 Å². The second-order valence-electron chi connectivity index (χ2n) is 3.09. The summed E-state index contributed by atoms with van der Waals surface area (Å²) in [5.74, 6) is 0. The number of para-hydroxylation sites is 1. The van der Waals surface area contributed by atoms with Crippen molar-refractivity contribution in [3.8, 4) is 6.07 Å². The van der Waals surface area contributed by atoms with E-state index in [1.165, 1.54) is 0 Å². The van der Waals surface area contributed by atoms with Crippen LogP contribution >= 0.6 is 11.6 Å². The molecule has 1 aromatic heterocycles. The summed E-state index contributed by atoms with van der Waals surface area (Å²) in [5.41, 5.74) is 1.02. The molecule has 14 heavy (non-hydrogen) atoms. The van der Waals surface area contributed by atoms with Crippen LogP contribution in [0.3, 0.4) is 0 Å². The summed E-state index contributed by atoms with van der Waals surface area (Å²) >= 11 is 6.08. The summed E-state index contributed by atoms with van der Waals surface area (Å²) in [4.78, 5) is 0. The van der Waals surface area contributed by atoms with Gasteiger partial charge in [-0.05, 0) is 12.1 Å². The van der Waals surface area contributed by atoms with Crippen molar-refractivity contribution in [3.05, 3.63) is 35.5 Å².